The summed E-state index contributed by atoms with van der Waals surface area (Å²) >= 11 is 12.9. The SMILES string of the molecule is CC(C)c1cc(Oc2c(Cl)cc(C3=CCN(C(=O)OC(C)(C)C)CC3)cc2Cl)n[nH]c1=O. The van der Waals surface area contributed by atoms with Gasteiger partial charge in [-0.25, -0.2) is 9.89 Å². The second kappa shape index (κ2) is 9.55. The number of nitrogens with zero attached hydrogens (tertiary/aromatic N) is 2. The quantitative estimate of drug-likeness (QED) is 0.579. The monoisotopic (exact) mass is 479 g/mol. The summed E-state index contributed by atoms with van der Waals surface area (Å²) in [5, 5.41) is 7.00. The first kappa shape index (κ1) is 24.1. The maximum Gasteiger partial charge on any atom is 0.410 e. The molecule has 0 bridgehead atoms. The number of ether oxygens (including phenoxy) is 2. The molecule has 0 spiro atoms. The molecule has 0 aliphatic carbocycles. The summed E-state index contributed by atoms with van der Waals surface area (Å²) in [6.45, 7) is 10.3. The number of H-pyrrole nitrogens is 1. The highest BCUT2D eigenvalue weighted by molar-refractivity contribution is 6.37. The predicted octanol–water partition coefficient (Wildman–Crippen LogP) is 6.02. The van der Waals surface area contributed by atoms with Crippen LogP contribution >= 0.6 is 23.2 Å². The van der Waals surface area contributed by atoms with Crippen LogP contribution in [0.4, 0.5) is 4.79 Å². The number of carbonyl (C=O) groups is 1. The number of hydrogen-bond acceptors (Lipinski definition) is 5. The van der Waals surface area contributed by atoms with Gasteiger partial charge in [-0.3, -0.25) is 4.79 Å². The van der Waals surface area contributed by atoms with E-state index in [4.69, 9.17) is 32.7 Å². The van der Waals surface area contributed by atoms with Crippen molar-refractivity contribution in [2.45, 2.75) is 52.6 Å². The lowest BCUT2D eigenvalue weighted by Crippen LogP contribution is -2.39. The Labute approximate surface area is 197 Å². The minimum Gasteiger partial charge on any atom is -0.444 e. The third kappa shape index (κ3) is 5.84. The summed E-state index contributed by atoms with van der Waals surface area (Å²) in [5.41, 5.74) is 1.65. The molecular formula is C23H27Cl2N3O4. The first-order chi connectivity index (χ1) is 14.9. The highest BCUT2D eigenvalue weighted by atomic mass is 35.5. The van der Waals surface area contributed by atoms with E-state index in [1.807, 2.05) is 40.7 Å². The smallest absolute Gasteiger partial charge is 0.410 e. The summed E-state index contributed by atoms with van der Waals surface area (Å²) in [6, 6.07) is 5.12. The molecule has 1 aromatic heterocycles. The molecule has 32 heavy (non-hydrogen) atoms. The number of aromatic nitrogens is 2. The van der Waals surface area contributed by atoms with Gasteiger partial charge in [-0.05, 0) is 56.4 Å². The van der Waals surface area contributed by atoms with Crippen molar-refractivity contribution in [1.29, 1.82) is 0 Å². The minimum atomic E-state index is -0.533. The van der Waals surface area contributed by atoms with E-state index in [9.17, 15) is 9.59 Å². The van der Waals surface area contributed by atoms with Crippen LogP contribution in [0.3, 0.4) is 0 Å². The normalized spacial score (nSPS) is 14.4. The van der Waals surface area contributed by atoms with Crippen molar-refractivity contribution in [2.75, 3.05) is 13.1 Å². The van der Waals surface area contributed by atoms with Gasteiger partial charge in [-0.2, -0.15) is 0 Å². The lowest BCUT2D eigenvalue weighted by atomic mass is 9.99. The van der Waals surface area contributed by atoms with Gasteiger partial charge in [-0.1, -0.05) is 43.1 Å². The number of hydrogen-bond donors (Lipinski definition) is 1. The van der Waals surface area contributed by atoms with Crippen molar-refractivity contribution in [2.24, 2.45) is 0 Å². The van der Waals surface area contributed by atoms with E-state index in [2.05, 4.69) is 10.2 Å². The molecule has 0 saturated heterocycles. The van der Waals surface area contributed by atoms with Crippen LogP contribution < -0.4 is 10.3 Å². The lowest BCUT2D eigenvalue weighted by molar-refractivity contribution is 0.0270. The molecule has 0 unspecified atom stereocenters. The van der Waals surface area contributed by atoms with Crippen molar-refractivity contribution in [3.8, 4) is 11.6 Å². The second-order valence-corrected chi connectivity index (χ2v) is 9.74. The van der Waals surface area contributed by atoms with Gasteiger partial charge in [-0.15, -0.1) is 5.10 Å². The number of aromatic amines is 1. The Kier molecular flexibility index (Phi) is 7.20. The van der Waals surface area contributed by atoms with E-state index in [0.29, 0.717) is 35.1 Å². The highest BCUT2D eigenvalue weighted by Gasteiger charge is 2.24. The summed E-state index contributed by atoms with van der Waals surface area (Å²) < 4.78 is 11.2. The van der Waals surface area contributed by atoms with Crippen molar-refractivity contribution < 1.29 is 14.3 Å². The van der Waals surface area contributed by atoms with Crippen molar-refractivity contribution in [1.82, 2.24) is 15.1 Å². The number of amides is 1. The number of halogens is 2. The van der Waals surface area contributed by atoms with Crippen LogP contribution in [-0.4, -0.2) is 39.9 Å². The fraction of sp³-hybridized carbons (Fsp3) is 0.435. The molecule has 3 rings (SSSR count). The molecule has 1 aliphatic rings. The summed E-state index contributed by atoms with van der Waals surface area (Å²) in [7, 11) is 0. The van der Waals surface area contributed by atoms with E-state index in [1.54, 1.807) is 23.1 Å². The molecule has 1 aromatic carbocycles. The minimum absolute atomic E-state index is 0.0101. The van der Waals surface area contributed by atoms with Gasteiger partial charge < -0.3 is 14.4 Å². The number of nitrogens with one attached hydrogen (secondary N) is 1. The van der Waals surface area contributed by atoms with Gasteiger partial charge in [0.1, 0.15) is 5.60 Å². The molecule has 7 nitrogen and oxygen atoms in total. The molecular weight excluding hydrogens is 453 g/mol. The fourth-order valence-corrected chi connectivity index (χ4v) is 3.82. The summed E-state index contributed by atoms with van der Waals surface area (Å²) in [5.74, 6) is 0.476. The topological polar surface area (TPSA) is 84.5 Å². The maximum atomic E-state index is 12.3. The van der Waals surface area contributed by atoms with Gasteiger partial charge in [0.05, 0.1) is 10.0 Å². The second-order valence-electron chi connectivity index (χ2n) is 8.92. The Morgan fingerprint density at radius 1 is 1.19 bits per heavy atom. The molecule has 0 saturated carbocycles. The van der Waals surface area contributed by atoms with Gasteiger partial charge in [0.15, 0.2) is 5.75 Å². The van der Waals surface area contributed by atoms with Crippen LogP contribution in [0.1, 0.15) is 58.1 Å². The van der Waals surface area contributed by atoms with E-state index < -0.39 is 5.60 Å². The van der Waals surface area contributed by atoms with Crippen LogP contribution in [0, 0.1) is 0 Å². The zero-order valence-corrected chi connectivity index (χ0v) is 20.3. The molecule has 0 fully saturated rings. The van der Waals surface area contributed by atoms with E-state index in [0.717, 1.165) is 11.1 Å². The van der Waals surface area contributed by atoms with Gasteiger partial charge in [0.2, 0.25) is 5.88 Å². The van der Waals surface area contributed by atoms with Gasteiger partial charge in [0.25, 0.3) is 5.56 Å². The van der Waals surface area contributed by atoms with Gasteiger partial charge >= 0.3 is 6.09 Å². The Morgan fingerprint density at radius 2 is 1.84 bits per heavy atom. The van der Waals surface area contributed by atoms with Crippen molar-refractivity contribution in [3.63, 3.8) is 0 Å². The summed E-state index contributed by atoms with van der Waals surface area (Å²) in [4.78, 5) is 25.8. The standard InChI is InChI=1S/C23H27Cl2N3O4/c1-13(2)16-12-19(26-27-21(16)29)31-20-17(24)10-15(11-18(20)25)14-6-8-28(9-7-14)22(30)32-23(3,4)5/h6,10-13H,7-9H2,1-5H3,(H,27,29). The first-order valence-corrected chi connectivity index (χ1v) is 11.1. The van der Waals surface area contributed by atoms with Crippen LogP contribution in [-0.2, 0) is 4.74 Å². The molecule has 172 valence electrons. The first-order valence-electron chi connectivity index (χ1n) is 10.4. The van der Waals surface area contributed by atoms with Crippen molar-refractivity contribution in [3.05, 3.63) is 55.8 Å². The third-order valence-corrected chi connectivity index (χ3v) is 5.43. The molecule has 9 heteroatoms. The largest absolute Gasteiger partial charge is 0.444 e. The number of rotatable bonds is 4. The Hall–Kier alpha value is -2.51. The number of benzene rings is 1. The Morgan fingerprint density at radius 3 is 2.38 bits per heavy atom. The van der Waals surface area contributed by atoms with E-state index >= 15 is 0 Å². The molecule has 0 atom stereocenters. The average molecular weight is 480 g/mol. The zero-order valence-electron chi connectivity index (χ0n) is 18.8. The van der Waals surface area contributed by atoms with Crippen LogP contribution in [0.2, 0.25) is 10.0 Å². The number of carbonyl (C=O) groups excluding carboxylic acids is 1. The van der Waals surface area contributed by atoms with Crippen LogP contribution in [0.25, 0.3) is 5.57 Å². The molecule has 1 amide bonds. The van der Waals surface area contributed by atoms with E-state index in [1.165, 1.54) is 0 Å². The van der Waals surface area contributed by atoms with Crippen LogP contribution in [0.15, 0.2) is 29.1 Å². The van der Waals surface area contributed by atoms with Gasteiger partial charge in [0, 0.05) is 24.7 Å². The molecule has 0 radical (unpaired) electrons. The Bertz CT molecular complexity index is 1080. The molecule has 2 aromatic rings. The lowest BCUT2D eigenvalue weighted by Gasteiger charge is -2.29. The molecule has 2 heterocycles. The summed E-state index contributed by atoms with van der Waals surface area (Å²) in [6.07, 6.45) is 2.28. The predicted molar refractivity (Wildman–Crippen MR) is 126 cm³/mol. The maximum absolute atomic E-state index is 12.3. The highest BCUT2D eigenvalue weighted by Crippen LogP contribution is 2.39. The van der Waals surface area contributed by atoms with E-state index in [-0.39, 0.29) is 29.2 Å². The zero-order chi connectivity index (χ0) is 23.6. The third-order valence-electron chi connectivity index (χ3n) is 4.87. The molecule has 1 N–H and O–H groups in total. The molecule has 1 aliphatic heterocycles. The van der Waals surface area contributed by atoms with Crippen molar-refractivity contribution >= 4 is 34.9 Å². The average Bonchev–Trinajstić information content (AvgIpc) is 2.70. The van der Waals surface area contributed by atoms with Crippen LogP contribution in [0.5, 0.6) is 11.6 Å². The Balaban J connectivity index is 1.77. The fourth-order valence-electron chi connectivity index (χ4n) is 3.25.